The Kier molecular flexibility index (Phi) is 3.25. The number of carbonyl (C=O) groups excluding carboxylic acids is 1. The van der Waals surface area contributed by atoms with E-state index in [0.29, 0.717) is 19.4 Å². The lowest BCUT2D eigenvalue weighted by atomic mass is 9.98. The minimum absolute atomic E-state index is 0.143. The summed E-state index contributed by atoms with van der Waals surface area (Å²) >= 11 is 0. The van der Waals surface area contributed by atoms with Crippen LogP contribution < -0.4 is 4.74 Å². The second kappa shape index (κ2) is 4.66. The molecular weight excluding hydrogens is 204 g/mol. The maximum atomic E-state index is 11.4. The summed E-state index contributed by atoms with van der Waals surface area (Å²) in [5.74, 6) is 1.10. The average molecular weight is 220 g/mol. The number of methoxy groups -OCH3 is 1. The molecule has 0 spiro atoms. The van der Waals surface area contributed by atoms with Crippen molar-refractivity contribution in [1.82, 2.24) is 0 Å². The number of ether oxygens (including phenoxy) is 2. The van der Waals surface area contributed by atoms with E-state index in [1.807, 2.05) is 25.1 Å². The lowest BCUT2D eigenvalue weighted by Crippen LogP contribution is -2.20. The number of ketones is 1. The Morgan fingerprint density at radius 1 is 1.44 bits per heavy atom. The summed E-state index contributed by atoms with van der Waals surface area (Å²) in [6, 6.07) is 5.93. The zero-order valence-corrected chi connectivity index (χ0v) is 9.66. The highest BCUT2D eigenvalue weighted by molar-refractivity contribution is 5.80. The molecule has 1 aromatic carbocycles. The van der Waals surface area contributed by atoms with E-state index in [1.165, 1.54) is 0 Å². The molecule has 2 rings (SSSR count). The largest absolute Gasteiger partial charge is 0.496 e. The summed E-state index contributed by atoms with van der Waals surface area (Å²) in [6.45, 7) is 2.51. The molecule has 1 aromatic rings. The van der Waals surface area contributed by atoms with Gasteiger partial charge in [-0.15, -0.1) is 0 Å². The normalized spacial score (nSPS) is 20.9. The Morgan fingerprint density at radius 3 is 2.94 bits per heavy atom. The summed E-state index contributed by atoms with van der Waals surface area (Å²) in [6.07, 6.45) is 0.848. The molecule has 1 atom stereocenters. The third kappa shape index (κ3) is 2.09. The van der Waals surface area contributed by atoms with Crippen LogP contribution in [-0.2, 0) is 9.53 Å². The van der Waals surface area contributed by atoms with Gasteiger partial charge < -0.3 is 9.47 Å². The number of para-hydroxylation sites is 1. The van der Waals surface area contributed by atoms with Crippen molar-refractivity contribution in [1.29, 1.82) is 0 Å². The molecule has 0 aliphatic carbocycles. The minimum atomic E-state index is -0.143. The zero-order chi connectivity index (χ0) is 11.5. The van der Waals surface area contributed by atoms with Crippen molar-refractivity contribution in [3.63, 3.8) is 0 Å². The Balaban J connectivity index is 2.31. The van der Waals surface area contributed by atoms with E-state index in [9.17, 15) is 4.79 Å². The van der Waals surface area contributed by atoms with E-state index in [2.05, 4.69) is 0 Å². The average Bonchev–Trinajstić information content (AvgIpc) is 2.28. The number of Topliss-reactive ketones (excluding diaryl/α,β-unsaturated/α-hetero) is 1. The second-order valence-corrected chi connectivity index (χ2v) is 4.05. The molecule has 1 aliphatic heterocycles. The summed E-state index contributed by atoms with van der Waals surface area (Å²) in [5.41, 5.74) is 2.05. The van der Waals surface area contributed by atoms with Gasteiger partial charge in [-0.1, -0.05) is 18.2 Å². The van der Waals surface area contributed by atoms with Crippen LogP contribution in [0.1, 0.15) is 30.1 Å². The highest BCUT2D eigenvalue weighted by Gasteiger charge is 2.24. The van der Waals surface area contributed by atoms with Crippen LogP contribution in [0.25, 0.3) is 0 Å². The lowest BCUT2D eigenvalue weighted by molar-refractivity contribution is -0.128. The minimum Gasteiger partial charge on any atom is -0.496 e. The van der Waals surface area contributed by atoms with Crippen LogP contribution in [0.5, 0.6) is 5.75 Å². The monoisotopic (exact) mass is 220 g/mol. The number of hydrogen-bond acceptors (Lipinski definition) is 3. The van der Waals surface area contributed by atoms with Gasteiger partial charge in [-0.2, -0.15) is 0 Å². The van der Waals surface area contributed by atoms with Gasteiger partial charge in [-0.25, -0.2) is 0 Å². The quantitative estimate of drug-likeness (QED) is 0.767. The number of hydrogen-bond donors (Lipinski definition) is 0. The number of aryl methyl sites for hydroxylation is 1. The van der Waals surface area contributed by atoms with Crippen molar-refractivity contribution in [2.75, 3.05) is 13.7 Å². The first-order valence-electron chi connectivity index (χ1n) is 5.49. The molecule has 1 fully saturated rings. The first-order valence-corrected chi connectivity index (χ1v) is 5.49. The van der Waals surface area contributed by atoms with Gasteiger partial charge in [-0.05, 0) is 12.5 Å². The molecule has 3 nitrogen and oxygen atoms in total. The van der Waals surface area contributed by atoms with E-state index in [0.717, 1.165) is 16.9 Å². The van der Waals surface area contributed by atoms with Gasteiger partial charge in [0.05, 0.1) is 19.8 Å². The third-order valence-electron chi connectivity index (χ3n) is 2.91. The van der Waals surface area contributed by atoms with Crippen LogP contribution in [0.4, 0.5) is 0 Å². The Morgan fingerprint density at radius 2 is 2.25 bits per heavy atom. The lowest BCUT2D eigenvalue weighted by Gasteiger charge is -2.24. The fourth-order valence-corrected chi connectivity index (χ4v) is 2.09. The number of carbonyl (C=O) groups is 1. The Hall–Kier alpha value is -1.35. The molecule has 16 heavy (non-hydrogen) atoms. The van der Waals surface area contributed by atoms with Crippen molar-refractivity contribution in [3.05, 3.63) is 29.3 Å². The van der Waals surface area contributed by atoms with Crippen LogP contribution in [0.3, 0.4) is 0 Å². The molecule has 0 radical (unpaired) electrons. The molecular formula is C13H16O3. The van der Waals surface area contributed by atoms with Gasteiger partial charge in [0.1, 0.15) is 11.5 Å². The highest BCUT2D eigenvalue weighted by Crippen LogP contribution is 2.34. The summed E-state index contributed by atoms with van der Waals surface area (Å²) in [4.78, 5) is 11.4. The molecule has 1 heterocycles. The van der Waals surface area contributed by atoms with Crippen molar-refractivity contribution in [2.45, 2.75) is 25.9 Å². The third-order valence-corrected chi connectivity index (χ3v) is 2.91. The molecule has 1 unspecified atom stereocenters. The molecule has 86 valence electrons. The van der Waals surface area contributed by atoms with Gasteiger partial charge in [-0.3, -0.25) is 4.79 Å². The van der Waals surface area contributed by atoms with Gasteiger partial charge in [0.15, 0.2) is 0 Å². The van der Waals surface area contributed by atoms with Gasteiger partial charge in [0.2, 0.25) is 0 Å². The van der Waals surface area contributed by atoms with Crippen molar-refractivity contribution >= 4 is 5.78 Å². The fraction of sp³-hybridized carbons (Fsp3) is 0.462. The fourth-order valence-electron chi connectivity index (χ4n) is 2.09. The Labute approximate surface area is 95.4 Å². The number of benzene rings is 1. The molecule has 1 aliphatic rings. The standard InChI is InChI=1S/C13H16O3/c1-9-4-3-5-11(13(9)15-2)12-8-10(14)6-7-16-12/h3-5,12H,6-8H2,1-2H3. The van der Waals surface area contributed by atoms with Crippen LogP contribution in [-0.4, -0.2) is 19.5 Å². The predicted octanol–water partition coefficient (Wildman–Crippen LogP) is 2.42. The molecule has 0 saturated carbocycles. The van der Waals surface area contributed by atoms with Crippen LogP contribution in [0.2, 0.25) is 0 Å². The summed E-state index contributed by atoms with van der Waals surface area (Å²) in [7, 11) is 1.65. The van der Waals surface area contributed by atoms with Crippen molar-refractivity contribution in [3.8, 4) is 5.75 Å². The van der Waals surface area contributed by atoms with Crippen LogP contribution in [0, 0.1) is 6.92 Å². The van der Waals surface area contributed by atoms with Gasteiger partial charge >= 0.3 is 0 Å². The molecule has 0 amide bonds. The summed E-state index contributed by atoms with van der Waals surface area (Å²) in [5, 5.41) is 0. The second-order valence-electron chi connectivity index (χ2n) is 4.05. The predicted molar refractivity (Wildman–Crippen MR) is 60.7 cm³/mol. The molecule has 0 N–H and O–H groups in total. The summed E-state index contributed by atoms with van der Waals surface area (Å²) < 4.78 is 11.0. The highest BCUT2D eigenvalue weighted by atomic mass is 16.5. The van der Waals surface area contributed by atoms with Crippen LogP contribution in [0.15, 0.2) is 18.2 Å². The zero-order valence-electron chi connectivity index (χ0n) is 9.66. The molecule has 3 heteroatoms. The van der Waals surface area contributed by atoms with Gasteiger partial charge in [0, 0.05) is 18.4 Å². The molecule has 0 aromatic heterocycles. The van der Waals surface area contributed by atoms with E-state index in [1.54, 1.807) is 7.11 Å². The SMILES string of the molecule is COc1c(C)cccc1C1CC(=O)CCO1. The van der Waals surface area contributed by atoms with Gasteiger partial charge in [0.25, 0.3) is 0 Å². The first-order chi connectivity index (χ1) is 7.72. The van der Waals surface area contributed by atoms with Crippen LogP contribution >= 0.6 is 0 Å². The Bertz CT molecular complexity index is 398. The maximum Gasteiger partial charge on any atom is 0.138 e. The van der Waals surface area contributed by atoms with Crippen molar-refractivity contribution in [2.24, 2.45) is 0 Å². The van der Waals surface area contributed by atoms with E-state index in [-0.39, 0.29) is 11.9 Å². The number of rotatable bonds is 2. The molecule has 1 saturated heterocycles. The topological polar surface area (TPSA) is 35.5 Å². The van der Waals surface area contributed by atoms with E-state index < -0.39 is 0 Å². The van der Waals surface area contributed by atoms with E-state index >= 15 is 0 Å². The first kappa shape index (κ1) is 11.1. The maximum absolute atomic E-state index is 11.4. The smallest absolute Gasteiger partial charge is 0.138 e. The van der Waals surface area contributed by atoms with Crippen molar-refractivity contribution < 1.29 is 14.3 Å². The molecule has 0 bridgehead atoms. The van der Waals surface area contributed by atoms with E-state index in [4.69, 9.17) is 9.47 Å².